The van der Waals surface area contributed by atoms with Crippen molar-refractivity contribution in [1.29, 1.82) is 0 Å². The van der Waals surface area contributed by atoms with Crippen molar-refractivity contribution in [3.8, 4) is 0 Å². The second-order valence-corrected chi connectivity index (χ2v) is 6.46. The van der Waals surface area contributed by atoms with Crippen LogP contribution in [0.3, 0.4) is 0 Å². The van der Waals surface area contributed by atoms with Crippen molar-refractivity contribution in [2.75, 3.05) is 0 Å². The standard InChI is InChI=1S/C17H29ClN2/c1-4-6-8-10-14-17(3,13-9-7-5-2)15-11-12-16(18)20-19-15/h11-12H,4-10,13-14H2,1-3H3. The van der Waals surface area contributed by atoms with E-state index in [4.69, 9.17) is 11.6 Å². The fourth-order valence-corrected chi connectivity index (χ4v) is 2.83. The highest BCUT2D eigenvalue weighted by Crippen LogP contribution is 2.34. The van der Waals surface area contributed by atoms with E-state index in [1.807, 2.05) is 6.07 Å². The Morgan fingerprint density at radius 2 is 1.50 bits per heavy atom. The van der Waals surface area contributed by atoms with E-state index in [-0.39, 0.29) is 5.41 Å². The lowest BCUT2D eigenvalue weighted by Crippen LogP contribution is -2.24. The Kier molecular flexibility index (Phi) is 8.13. The number of hydrogen-bond donors (Lipinski definition) is 0. The molecular weight excluding hydrogens is 268 g/mol. The number of nitrogens with zero attached hydrogens (tertiary/aromatic N) is 2. The molecule has 0 aliphatic rings. The molecule has 0 spiro atoms. The quantitative estimate of drug-likeness (QED) is 0.499. The average Bonchev–Trinajstić information content (AvgIpc) is 2.45. The van der Waals surface area contributed by atoms with Crippen molar-refractivity contribution >= 4 is 11.6 Å². The Labute approximate surface area is 129 Å². The summed E-state index contributed by atoms with van der Waals surface area (Å²) in [6.07, 6.45) is 11.4. The molecule has 2 nitrogen and oxygen atoms in total. The molecule has 0 aliphatic heterocycles. The highest BCUT2D eigenvalue weighted by Gasteiger charge is 2.27. The lowest BCUT2D eigenvalue weighted by Gasteiger charge is -2.29. The first-order valence-electron chi connectivity index (χ1n) is 8.12. The molecular formula is C17H29ClN2. The van der Waals surface area contributed by atoms with Gasteiger partial charge in [-0.05, 0) is 25.0 Å². The molecule has 1 heterocycles. The molecule has 1 aromatic rings. The van der Waals surface area contributed by atoms with Crippen LogP contribution in [0.5, 0.6) is 0 Å². The van der Waals surface area contributed by atoms with Crippen LogP contribution in [0, 0.1) is 0 Å². The minimum absolute atomic E-state index is 0.153. The van der Waals surface area contributed by atoms with Gasteiger partial charge in [-0.3, -0.25) is 0 Å². The van der Waals surface area contributed by atoms with E-state index in [2.05, 4.69) is 37.0 Å². The van der Waals surface area contributed by atoms with Gasteiger partial charge < -0.3 is 0 Å². The molecule has 1 aromatic heterocycles. The van der Waals surface area contributed by atoms with Gasteiger partial charge in [0.1, 0.15) is 0 Å². The third-order valence-electron chi connectivity index (χ3n) is 4.16. The third kappa shape index (κ3) is 5.78. The molecule has 0 fully saturated rings. The first-order valence-corrected chi connectivity index (χ1v) is 8.50. The third-order valence-corrected chi connectivity index (χ3v) is 4.37. The SMILES string of the molecule is CCCCCCC(C)(CCCCC)c1ccc(Cl)nn1. The maximum absolute atomic E-state index is 5.86. The van der Waals surface area contributed by atoms with Crippen LogP contribution in [0.1, 0.15) is 84.3 Å². The second kappa shape index (κ2) is 9.33. The van der Waals surface area contributed by atoms with Gasteiger partial charge in [0.25, 0.3) is 0 Å². The molecule has 114 valence electrons. The predicted octanol–water partition coefficient (Wildman–Crippen LogP) is 5.94. The average molecular weight is 297 g/mol. The molecule has 0 saturated carbocycles. The lowest BCUT2D eigenvalue weighted by molar-refractivity contribution is 0.354. The van der Waals surface area contributed by atoms with Crippen molar-refractivity contribution in [2.45, 2.75) is 84.0 Å². The lowest BCUT2D eigenvalue weighted by atomic mass is 9.77. The Bertz CT molecular complexity index is 364. The van der Waals surface area contributed by atoms with Gasteiger partial charge in [0.15, 0.2) is 5.15 Å². The van der Waals surface area contributed by atoms with E-state index in [9.17, 15) is 0 Å². The van der Waals surface area contributed by atoms with E-state index in [0.29, 0.717) is 5.15 Å². The minimum atomic E-state index is 0.153. The van der Waals surface area contributed by atoms with Gasteiger partial charge >= 0.3 is 0 Å². The van der Waals surface area contributed by atoms with Crippen LogP contribution < -0.4 is 0 Å². The molecule has 0 bridgehead atoms. The van der Waals surface area contributed by atoms with Gasteiger partial charge in [-0.2, -0.15) is 5.10 Å². The first-order chi connectivity index (χ1) is 9.62. The molecule has 0 N–H and O–H groups in total. The van der Waals surface area contributed by atoms with Crippen LogP contribution in [0.15, 0.2) is 12.1 Å². The summed E-state index contributed by atoms with van der Waals surface area (Å²) in [7, 11) is 0. The summed E-state index contributed by atoms with van der Waals surface area (Å²) < 4.78 is 0. The summed E-state index contributed by atoms with van der Waals surface area (Å²) in [6, 6.07) is 3.93. The van der Waals surface area contributed by atoms with Crippen molar-refractivity contribution in [1.82, 2.24) is 10.2 Å². The Morgan fingerprint density at radius 3 is 2.05 bits per heavy atom. The number of rotatable bonds is 10. The number of aromatic nitrogens is 2. The summed E-state index contributed by atoms with van der Waals surface area (Å²) >= 11 is 5.86. The van der Waals surface area contributed by atoms with Crippen LogP contribution >= 0.6 is 11.6 Å². The van der Waals surface area contributed by atoms with Crippen LogP contribution in [0.4, 0.5) is 0 Å². The fourth-order valence-electron chi connectivity index (χ4n) is 2.73. The molecule has 0 amide bonds. The van der Waals surface area contributed by atoms with Gasteiger partial charge in [0.2, 0.25) is 0 Å². The maximum Gasteiger partial charge on any atom is 0.151 e. The van der Waals surface area contributed by atoms with E-state index < -0.39 is 0 Å². The molecule has 1 unspecified atom stereocenters. The minimum Gasteiger partial charge on any atom is -0.154 e. The zero-order chi connectivity index (χ0) is 14.8. The maximum atomic E-state index is 5.86. The van der Waals surface area contributed by atoms with Gasteiger partial charge in [-0.1, -0.05) is 77.3 Å². The largest absolute Gasteiger partial charge is 0.154 e. The van der Waals surface area contributed by atoms with E-state index in [0.717, 1.165) is 5.69 Å². The first kappa shape index (κ1) is 17.4. The topological polar surface area (TPSA) is 25.8 Å². The summed E-state index contributed by atoms with van der Waals surface area (Å²) in [5.74, 6) is 0. The van der Waals surface area contributed by atoms with Crippen molar-refractivity contribution in [3.63, 3.8) is 0 Å². The molecule has 0 saturated heterocycles. The zero-order valence-electron chi connectivity index (χ0n) is 13.3. The van der Waals surface area contributed by atoms with Gasteiger partial charge in [-0.15, -0.1) is 5.10 Å². The highest BCUT2D eigenvalue weighted by atomic mass is 35.5. The van der Waals surface area contributed by atoms with Crippen molar-refractivity contribution in [2.24, 2.45) is 0 Å². The molecule has 1 rings (SSSR count). The number of hydrogen-bond acceptors (Lipinski definition) is 2. The highest BCUT2D eigenvalue weighted by molar-refractivity contribution is 6.29. The Morgan fingerprint density at radius 1 is 0.900 bits per heavy atom. The molecule has 0 aromatic carbocycles. The van der Waals surface area contributed by atoms with E-state index in [1.165, 1.54) is 57.8 Å². The number of halogens is 1. The number of unbranched alkanes of at least 4 members (excludes halogenated alkanes) is 5. The van der Waals surface area contributed by atoms with Gasteiger partial charge in [0, 0.05) is 5.41 Å². The van der Waals surface area contributed by atoms with Gasteiger partial charge in [0.05, 0.1) is 5.69 Å². The molecule has 3 heteroatoms. The van der Waals surface area contributed by atoms with E-state index in [1.54, 1.807) is 0 Å². The normalized spacial score (nSPS) is 14.2. The molecule has 20 heavy (non-hydrogen) atoms. The summed E-state index contributed by atoms with van der Waals surface area (Å²) in [4.78, 5) is 0. The van der Waals surface area contributed by atoms with Crippen LogP contribution in [0.2, 0.25) is 5.15 Å². The van der Waals surface area contributed by atoms with Crippen LogP contribution in [-0.2, 0) is 5.41 Å². The van der Waals surface area contributed by atoms with Crippen LogP contribution in [-0.4, -0.2) is 10.2 Å². The second-order valence-electron chi connectivity index (χ2n) is 6.07. The van der Waals surface area contributed by atoms with Crippen molar-refractivity contribution in [3.05, 3.63) is 23.0 Å². The van der Waals surface area contributed by atoms with E-state index >= 15 is 0 Å². The zero-order valence-corrected chi connectivity index (χ0v) is 14.0. The summed E-state index contributed by atoms with van der Waals surface area (Å²) in [5, 5.41) is 8.86. The predicted molar refractivity (Wildman–Crippen MR) is 87.3 cm³/mol. The molecule has 0 aliphatic carbocycles. The van der Waals surface area contributed by atoms with Gasteiger partial charge in [-0.25, -0.2) is 0 Å². The summed E-state index contributed by atoms with van der Waals surface area (Å²) in [6.45, 7) is 6.85. The fraction of sp³-hybridized carbons (Fsp3) is 0.765. The molecule has 0 radical (unpaired) electrons. The van der Waals surface area contributed by atoms with Crippen molar-refractivity contribution < 1.29 is 0 Å². The Balaban J connectivity index is 2.68. The summed E-state index contributed by atoms with van der Waals surface area (Å²) in [5.41, 5.74) is 1.26. The Hall–Kier alpha value is -0.630. The smallest absolute Gasteiger partial charge is 0.151 e. The van der Waals surface area contributed by atoms with Crippen LogP contribution in [0.25, 0.3) is 0 Å². The molecule has 1 atom stereocenters. The monoisotopic (exact) mass is 296 g/mol.